The maximum Gasteiger partial charge on any atom is 0.332 e. The van der Waals surface area contributed by atoms with E-state index in [0.29, 0.717) is 29.2 Å². The minimum absolute atomic E-state index is 0.0725. The number of benzene rings is 2. The lowest BCUT2D eigenvalue weighted by atomic mass is 10.1. The van der Waals surface area contributed by atoms with Crippen molar-refractivity contribution < 1.29 is 4.39 Å². The average Bonchev–Trinajstić information content (AvgIpc) is 3.18. The van der Waals surface area contributed by atoms with Crippen molar-refractivity contribution in [2.45, 2.75) is 33.4 Å². The van der Waals surface area contributed by atoms with Gasteiger partial charge in [-0.05, 0) is 61.2 Å². The molecule has 0 unspecified atom stereocenters. The Morgan fingerprint density at radius 2 is 1.75 bits per heavy atom. The first-order valence-corrected chi connectivity index (χ1v) is 10.6. The second kappa shape index (κ2) is 7.47. The van der Waals surface area contributed by atoms with E-state index in [0.717, 1.165) is 18.7 Å². The maximum absolute atomic E-state index is 13.4. The van der Waals surface area contributed by atoms with Gasteiger partial charge in [0.25, 0.3) is 5.56 Å². The lowest BCUT2D eigenvalue weighted by molar-refractivity contribution is 0.597. The zero-order chi connectivity index (χ0) is 22.6. The summed E-state index contributed by atoms with van der Waals surface area (Å²) < 4.78 is 17.8. The Labute approximate surface area is 184 Å². The Morgan fingerprint density at radius 1 is 1.00 bits per heavy atom. The largest absolute Gasteiger partial charge is 0.332 e. The average molecular weight is 433 g/mol. The molecule has 1 aliphatic rings. The van der Waals surface area contributed by atoms with Crippen LogP contribution in [0.1, 0.15) is 23.1 Å². The number of fused-ring (bicyclic) bond motifs is 3. The van der Waals surface area contributed by atoms with Crippen molar-refractivity contribution in [1.29, 1.82) is 0 Å². The van der Waals surface area contributed by atoms with Crippen LogP contribution in [0.5, 0.6) is 0 Å². The molecule has 2 aromatic heterocycles. The standard InChI is InChI=1S/C24H24FN5O2/c1-15-5-10-19(13-16(15)2)28-11-4-12-29-20-21(26-23(28)29)27(3)24(32)30(22(20)31)14-17-6-8-18(25)9-7-17/h5-10,13H,4,11-12,14H2,1-3H3. The lowest BCUT2D eigenvalue weighted by Gasteiger charge is -2.29. The topological polar surface area (TPSA) is 65.1 Å². The number of nitrogens with zero attached hydrogens (tertiary/aromatic N) is 5. The van der Waals surface area contributed by atoms with E-state index in [2.05, 4.69) is 36.9 Å². The van der Waals surface area contributed by atoms with Crippen molar-refractivity contribution in [2.75, 3.05) is 11.4 Å². The van der Waals surface area contributed by atoms with E-state index in [1.54, 1.807) is 19.2 Å². The summed E-state index contributed by atoms with van der Waals surface area (Å²) in [6.07, 6.45) is 0.853. The highest BCUT2D eigenvalue weighted by molar-refractivity contribution is 5.77. The molecule has 1 aliphatic heterocycles. The quantitative estimate of drug-likeness (QED) is 0.498. The fraction of sp³-hybridized carbons (Fsp3) is 0.292. The Hall–Kier alpha value is -3.68. The molecule has 0 radical (unpaired) electrons. The molecule has 0 fully saturated rings. The Balaban J connectivity index is 1.68. The molecule has 7 nitrogen and oxygen atoms in total. The van der Waals surface area contributed by atoms with Gasteiger partial charge in [-0.3, -0.25) is 13.9 Å². The smallest absolute Gasteiger partial charge is 0.312 e. The second-order valence-electron chi connectivity index (χ2n) is 8.37. The van der Waals surface area contributed by atoms with Gasteiger partial charge in [-0.2, -0.15) is 4.98 Å². The summed E-state index contributed by atoms with van der Waals surface area (Å²) in [4.78, 5) is 33.3. The summed E-state index contributed by atoms with van der Waals surface area (Å²) in [7, 11) is 1.63. The van der Waals surface area contributed by atoms with Crippen LogP contribution >= 0.6 is 0 Å². The SMILES string of the molecule is Cc1ccc(N2CCCn3c2nc2c3c(=O)n(Cc3ccc(F)cc3)c(=O)n2C)cc1C. The molecule has 0 spiro atoms. The van der Waals surface area contributed by atoms with Crippen LogP contribution in [0.4, 0.5) is 16.0 Å². The van der Waals surface area contributed by atoms with E-state index in [4.69, 9.17) is 4.98 Å². The number of aryl methyl sites for hydroxylation is 4. The van der Waals surface area contributed by atoms with Gasteiger partial charge in [0.2, 0.25) is 5.95 Å². The van der Waals surface area contributed by atoms with Crippen LogP contribution in [0.3, 0.4) is 0 Å². The van der Waals surface area contributed by atoms with Gasteiger partial charge in [-0.15, -0.1) is 0 Å². The van der Waals surface area contributed by atoms with Crippen molar-refractivity contribution in [2.24, 2.45) is 7.05 Å². The zero-order valence-electron chi connectivity index (χ0n) is 18.3. The van der Waals surface area contributed by atoms with Gasteiger partial charge in [0, 0.05) is 25.8 Å². The Morgan fingerprint density at radius 3 is 2.47 bits per heavy atom. The van der Waals surface area contributed by atoms with E-state index >= 15 is 0 Å². The Bertz CT molecular complexity index is 1460. The molecule has 0 amide bonds. The monoisotopic (exact) mass is 433 g/mol. The number of hydrogen-bond donors (Lipinski definition) is 0. The molecule has 0 atom stereocenters. The van der Waals surface area contributed by atoms with Crippen molar-refractivity contribution in [1.82, 2.24) is 18.7 Å². The van der Waals surface area contributed by atoms with Gasteiger partial charge in [-0.25, -0.2) is 9.18 Å². The molecule has 4 aromatic rings. The van der Waals surface area contributed by atoms with E-state index in [1.165, 1.54) is 32.4 Å². The third kappa shape index (κ3) is 3.14. The summed E-state index contributed by atoms with van der Waals surface area (Å²) in [5.41, 5.74) is 4.06. The molecule has 0 aliphatic carbocycles. The number of aromatic nitrogens is 4. The van der Waals surface area contributed by atoms with E-state index in [-0.39, 0.29) is 17.9 Å². The first kappa shape index (κ1) is 20.2. The van der Waals surface area contributed by atoms with E-state index < -0.39 is 5.69 Å². The van der Waals surface area contributed by atoms with Crippen molar-refractivity contribution in [3.05, 3.63) is 85.8 Å². The van der Waals surface area contributed by atoms with Crippen molar-refractivity contribution in [3.63, 3.8) is 0 Å². The molecule has 3 heterocycles. The van der Waals surface area contributed by atoms with Gasteiger partial charge in [-0.1, -0.05) is 18.2 Å². The minimum atomic E-state index is -0.444. The minimum Gasteiger partial charge on any atom is -0.312 e. The highest BCUT2D eigenvalue weighted by Gasteiger charge is 2.27. The molecule has 0 saturated heterocycles. The summed E-state index contributed by atoms with van der Waals surface area (Å²) in [5.74, 6) is 0.307. The fourth-order valence-corrected chi connectivity index (χ4v) is 4.31. The molecule has 8 heteroatoms. The molecule has 5 rings (SSSR count). The number of anilines is 2. The van der Waals surface area contributed by atoms with Gasteiger partial charge >= 0.3 is 5.69 Å². The highest BCUT2D eigenvalue weighted by atomic mass is 19.1. The van der Waals surface area contributed by atoms with Crippen LogP contribution in [0.2, 0.25) is 0 Å². The summed E-state index contributed by atoms with van der Waals surface area (Å²) in [6, 6.07) is 12.1. The highest BCUT2D eigenvalue weighted by Crippen LogP contribution is 2.31. The lowest BCUT2D eigenvalue weighted by Crippen LogP contribution is -2.40. The van der Waals surface area contributed by atoms with Gasteiger partial charge in [0.15, 0.2) is 11.2 Å². The molecule has 164 valence electrons. The molecule has 0 saturated carbocycles. The molecule has 2 aromatic carbocycles. The first-order chi connectivity index (χ1) is 15.3. The van der Waals surface area contributed by atoms with E-state index in [1.807, 2.05) is 4.57 Å². The van der Waals surface area contributed by atoms with Crippen LogP contribution < -0.4 is 16.1 Å². The number of imidazole rings is 1. The molecule has 0 bridgehead atoms. The predicted molar refractivity (Wildman–Crippen MR) is 122 cm³/mol. The zero-order valence-corrected chi connectivity index (χ0v) is 18.3. The van der Waals surface area contributed by atoms with E-state index in [9.17, 15) is 14.0 Å². The predicted octanol–water partition coefficient (Wildman–Crippen LogP) is 3.24. The molecule has 0 N–H and O–H groups in total. The van der Waals surface area contributed by atoms with Crippen molar-refractivity contribution in [3.8, 4) is 0 Å². The van der Waals surface area contributed by atoms with Gasteiger partial charge < -0.3 is 9.47 Å². The van der Waals surface area contributed by atoms with Crippen LogP contribution in [-0.4, -0.2) is 25.2 Å². The number of halogens is 1. The summed E-state index contributed by atoms with van der Waals surface area (Å²) in [6.45, 7) is 5.65. The number of rotatable bonds is 3. The van der Waals surface area contributed by atoms with Gasteiger partial charge in [0.05, 0.1) is 6.54 Å². The molecular formula is C24H24FN5O2. The van der Waals surface area contributed by atoms with Crippen LogP contribution in [0.25, 0.3) is 11.2 Å². The van der Waals surface area contributed by atoms with Crippen LogP contribution in [-0.2, 0) is 20.1 Å². The van der Waals surface area contributed by atoms with Crippen LogP contribution in [0.15, 0.2) is 52.1 Å². The Kier molecular flexibility index (Phi) is 4.73. The van der Waals surface area contributed by atoms with Gasteiger partial charge in [0.1, 0.15) is 5.82 Å². The number of hydrogen-bond acceptors (Lipinski definition) is 4. The second-order valence-corrected chi connectivity index (χ2v) is 8.37. The summed E-state index contributed by atoms with van der Waals surface area (Å²) in [5, 5.41) is 0. The summed E-state index contributed by atoms with van der Waals surface area (Å²) >= 11 is 0. The third-order valence-corrected chi connectivity index (χ3v) is 6.27. The normalized spacial score (nSPS) is 13.6. The maximum atomic E-state index is 13.4. The first-order valence-electron chi connectivity index (χ1n) is 10.6. The third-order valence-electron chi connectivity index (χ3n) is 6.27. The molecule has 32 heavy (non-hydrogen) atoms. The molecular weight excluding hydrogens is 409 g/mol. The fourth-order valence-electron chi connectivity index (χ4n) is 4.31. The van der Waals surface area contributed by atoms with Crippen LogP contribution in [0, 0.1) is 19.7 Å². The van der Waals surface area contributed by atoms with Crippen molar-refractivity contribution >= 4 is 22.8 Å².